The van der Waals surface area contributed by atoms with E-state index in [-0.39, 0.29) is 11.4 Å². The SMILES string of the molecule is CCOc1cncc(-c2ccc(CN3CCN(c4ccc(C(=O)NS(=O)(=O)c5ccc(NCCSc6ccccc6)c([N+](=O)[O-])c5)nn4)CC3)c(CC)c2)c1. The van der Waals surface area contributed by atoms with E-state index in [0.717, 1.165) is 53.9 Å². The van der Waals surface area contributed by atoms with Crippen molar-refractivity contribution in [1.82, 2.24) is 24.8 Å². The number of aromatic nitrogens is 3. The van der Waals surface area contributed by atoms with Crippen molar-refractivity contribution in [3.63, 3.8) is 0 Å². The molecule has 0 unspecified atom stereocenters. The van der Waals surface area contributed by atoms with Crippen LogP contribution in [0, 0.1) is 10.1 Å². The highest BCUT2D eigenvalue weighted by Gasteiger charge is 2.25. The Morgan fingerprint density at radius 1 is 0.909 bits per heavy atom. The van der Waals surface area contributed by atoms with Gasteiger partial charge >= 0.3 is 0 Å². The number of nitrogens with zero attached hydrogens (tertiary/aromatic N) is 6. The Balaban J connectivity index is 1.01. The number of anilines is 2. The van der Waals surface area contributed by atoms with E-state index >= 15 is 0 Å². The highest BCUT2D eigenvalue weighted by atomic mass is 32.2. The molecule has 6 rings (SSSR count). The normalized spacial score (nSPS) is 13.3. The minimum atomic E-state index is -4.46. The van der Waals surface area contributed by atoms with Crippen molar-refractivity contribution in [3.8, 4) is 16.9 Å². The smallest absolute Gasteiger partial charge is 0.293 e. The number of nitro groups is 1. The van der Waals surface area contributed by atoms with Gasteiger partial charge in [0, 0.05) is 67.7 Å². The number of thioether (sulfide) groups is 1. The molecule has 1 saturated heterocycles. The Morgan fingerprint density at radius 3 is 2.42 bits per heavy atom. The molecule has 16 heteroatoms. The van der Waals surface area contributed by atoms with Gasteiger partial charge in [-0.3, -0.25) is 24.8 Å². The molecule has 14 nitrogen and oxygen atoms in total. The second-order valence-corrected chi connectivity index (χ2v) is 15.5. The van der Waals surface area contributed by atoms with Crippen LogP contribution in [0.1, 0.15) is 35.5 Å². The van der Waals surface area contributed by atoms with Gasteiger partial charge in [0.1, 0.15) is 11.4 Å². The number of nitro benzene ring substituents is 1. The summed E-state index contributed by atoms with van der Waals surface area (Å²) >= 11 is 1.58. The number of hydrogen-bond acceptors (Lipinski definition) is 13. The molecule has 1 fully saturated rings. The number of nitrogens with one attached hydrogen (secondary N) is 2. The topological polar surface area (TPSA) is 173 Å². The standard InChI is InChI=1S/C39H42N8O6S2/c1-3-28-22-29(31-23-32(53-4-2)26-40-25-31)10-11-30(28)27-45-17-19-46(20-18-45)38-15-14-36(42-43-38)39(48)44-55(51,52)34-12-13-35(37(24-34)47(49)50)41-16-21-54-33-8-6-5-7-9-33/h5-15,22-26,41H,3-4,16-21,27H2,1-2H3,(H,44,48). The number of benzene rings is 3. The van der Waals surface area contributed by atoms with Crippen molar-refractivity contribution in [2.24, 2.45) is 0 Å². The largest absolute Gasteiger partial charge is 0.492 e. The fourth-order valence-electron chi connectivity index (χ4n) is 6.19. The van der Waals surface area contributed by atoms with E-state index in [2.05, 4.69) is 55.4 Å². The first kappa shape index (κ1) is 39.1. The molecule has 0 atom stereocenters. The van der Waals surface area contributed by atoms with E-state index in [1.807, 2.05) is 54.2 Å². The molecular formula is C39H42N8O6S2. The fraction of sp³-hybridized carbons (Fsp3) is 0.282. The summed E-state index contributed by atoms with van der Waals surface area (Å²) < 4.78 is 33.8. The molecule has 0 radical (unpaired) electrons. The van der Waals surface area contributed by atoms with Crippen LogP contribution in [-0.2, 0) is 23.0 Å². The van der Waals surface area contributed by atoms with E-state index in [9.17, 15) is 23.3 Å². The van der Waals surface area contributed by atoms with Gasteiger partial charge in [0.25, 0.3) is 21.6 Å². The molecule has 0 spiro atoms. The maximum atomic E-state index is 13.1. The second kappa shape index (κ2) is 18.2. The first-order valence-electron chi connectivity index (χ1n) is 17.9. The van der Waals surface area contributed by atoms with E-state index in [1.54, 1.807) is 24.0 Å². The lowest BCUT2D eigenvalue weighted by Crippen LogP contribution is -2.46. The Bertz CT molecular complexity index is 2220. The predicted molar refractivity (Wildman–Crippen MR) is 213 cm³/mol. The number of sulfonamides is 1. The number of pyridine rings is 1. The maximum Gasteiger partial charge on any atom is 0.293 e. The molecule has 0 bridgehead atoms. The minimum Gasteiger partial charge on any atom is -0.492 e. The number of aryl methyl sites for hydroxylation is 1. The number of rotatable bonds is 16. The first-order chi connectivity index (χ1) is 26.6. The van der Waals surface area contributed by atoms with Gasteiger partial charge in [-0.1, -0.05) is 43.3 Å². The third kappa shape index (κ3) is 10.1. The monoisotopic (exact) mass is 782 g/mol. The molecule has 1 aliphatic heterocycles. The molecule has 1 aliphatic rings. The van der Waals surface area contributed by atoms with E-state index in [4.69, 9.17) is 4.74 Å². The molecule has 2 aromatic heterocycles. The third-order valence-corrected chi connectivity index (χ3v) is 11.4. The highest BCUT2D eigenvalue weighted by molar-refractivity contribution is 7.99. The zero-order valence-electron chi connectivity index (χ0n) is 30.6. The average molecular weight is 783 g/mol. The quantitative estimate of drug-likeness (QED) is 0.0513. The molecule has 2 N–H and O–H groups in total. The van der Waals surface area contributed by atoms with E-state index < -0.39 is 31.4 Å². The Morgan fingerprint density at radius 2 is 1.71 bits per heavy atom. The van der Waals surface area contributed by atoms with Crippen LogP contribution in [-0.4, -0.2) is 84.4 Å². The Hall–Kier alpha value is -5.58. The van der Waals surface area contributed by atoms with Crippen molar-refractivity contribution in [3.05, 3.63) is 124 Å². The van der Waals surface area contributed by atoms with Gasteiger partial charge < -0.3 is 15.0 Å². The van der Waals surface area contributed by atoms with Crippen LogP contribution < -0.4 is 19.7 Å². The van der Waals surface area contributed by atoms with Crippen molar-refractivity contribution in [2.75, 3.05) is 55.3 Å². The summed E-state index contributed by atoms with van der Waals surface area (Å²) in [7, 11) is -4.46. The molecule has 3 aromatic carbocycles. The third-order valence-electron chi connectivity index (χ3n) is 9.05. The summed E-state index contributed by atoms with van der Waals surface area (Å²) in [6, 6.07) is 24.8. The predicted octanol–water partition coefficient (Wildman–Crippen LogP) is 6.05. The van der Waals surface area contributed by atoms with Crippen molar-refractivity contribution < 1.29 is 22.9 Å². The van der Waals surface area contributed by atoms with Crippen LogP contribution in [0.5, 0.6) is 5.75 Å². The van der Waals surface area contributed by atoms with Crippen LogP contribution >= 0.6 is 11.8 Å². The molecule has 5 aromatic rings. The highest BCUT2D eigenvalue weighted by Crippen LogP contribution is 2.29. The summed E-state index contributed by atoms with van der Waals surface area (Å²) in [5.74, 6) is 0.957. The lowest BCUT2D eigenvalue weighted by atomic mass is 9.98. The summed E-state index contributed by atoms with van der Waals surface area (Å²) in [5, 5.41) is 23.0. The zero-order valence-corrected chi connectivity index (χ0v) is 32.2. The number of amides is 1. The summed E-state index contributed by atoms with van der Waals surface area (Å²) in [6.07, 6.45) is 4.47. The van der Waals surface area contributed by atoms with Crippen LogP contribution in [0.2, 0.25) is 0 Å². The minimum absolute atomic E-state index is 0.171. The average Bonchev–Trinajstić information content (AvgIpc) is 3.20. The Labute approximate surface area is 324 Å². The number of piperazine rings is 1. The van der Waals surface area contributed by atoms with Gasteiger partial charge in [0.2, 0.25) is 0 Å². The van der Waals surface area contributed by atoms with Gasteiger partial charge in [-0.25, -0.2) is 13.1 Å². The van der Waals surface area contributed by atoms with Gasteiger partial charge in [0.05, 0.1) is 22.6 Å². The van der Waals surface area contributed by atoms with Crippen molar-refractivity contribution in [1.29, 1.82) is 0 Å². The van der Waals surface area contributed by atoms with Gasteiger partial charge in [-0.05, 0) is 72.5 Å². The second-order valence-electron chi connectivity index (χ2n) is 12.7. The number of hydrogen-bond donors (Lipinski definition) is 2. The number of carbonyl (C=O) groups excluding carboxylic acids is 1. The fourth-order valence-corrected chi connectivity index (χ4v) is 7.96. The van der Waals surface area contributed by atoms with Crippen molar-refractivity contribution >= 4 is 44.9 Å². The van der Waals surface area contributed by atoms with Crippen LogP contribution in [0.4, 0.5) is 17.2 Å². The summed E-state index contributed by atoms with van der Waals surface area (Å²) in [6.45, 7) is 8.88. The molecule has 55 heavy (non-hydrogen) atoms. The number of carbonyl (C=O) groups is 1. The first-order valence-corrected chi connectivity index (χ1v) is 20.4. The maximum absolute atomic E-state index is 13.1. The van der Waals surface area contributed by atoms with Crippen LogP contribution in [0.3, 0.4) is 0 Å². The van der Waals surface area contributed by atoms with Gasteiger partial charge in [0.15, 0.2) is 11.5 Å². The molecule has 0 aliphatic carbocycles. The van der Waals surface area contributed by atoms with E-state index in [0.29, 0.717) is 37.8 Å². The molecular weight excluding hydrogens is 741 g/mol. The van der Waals surface area contributed by atoms with Crippen LogP contribution in [0.25, 0.3) is 11.1 Å². The van der Waals surface area contributed by atoms with Crippen molar-refractivity contribution in [2.45, 2.75) is 36.6 Å². The summed E-state index contributed by atoms with van der Waals surface area (Å²) in [5.41, 5.74) is 4.21. The number of ether oxygens (including phenoxy) is 1. The molecule has 0 saturated carbocycles. The van der Waals surface area contributed by atoms with Gasteiger partial charge in [-0.2, -0.15) is 0 Å². The lowest BCUT2D eigenvalue weighted by Gasteiger charge is -2.35. The summed E-state index contributed by atoms with van der Waals surface area (Å²) in [4.78, 5) is 33.5. The molecule has 1 amide bonds. The zero-order chi connectivity index (χ0) is 38.8. The molecule has 286 valence electrons. The molecule has 3 heterocycles. The van der Waals surface area contributed by atoms with E-state index in [1.165, 1.54) is 29.3 Å². The van der Waals surface area contributed by atoms with Crippen LogP contribution in [0.15, 0.2) is 107 Å². The Kier molecular flexibility index (Phi) is 12.9. The lowest BCUT2D eigenvalue weighted by molar-refractivity contribution is -0.384. The van der Waals surface area contributed by atoms with Gasteiger partial charge in [-0.15, -0.1) is 22.0 Å².